The summed E-state index contributed by atoms with van der Waals surface area (Å²) in [5, 5.41) is 3.47. The molecule has 1 N–H and O–H groups in total. The Labute approximate surface area is 76.3 Å². The van der Waals surface area contributed by atoms with Gasteiger partial charge in [-0.05, 0) is 32.9 Å². The Morgan fingerprint density at radius 1 is 1.25 bits per heavy atom. The van der Waals surface area contributed by atoms with Gasteiger partial charge in [0, 0.05) is 18.6 Å². The largest absolute Gasteiger partial charge is 0.315 e. The van der Waals surface area contributed by atoms with Gasteiger partial charge in [0.25, 0.3) is 0 Å². The molecule has 2 aliphatic rings. The Balaban J connectivity index is 0.000000336. The Bertz CT molecular complexity index is 128. The second kappa shape index (κ2) is 4.24. The van der Waals surface area contributed by atoms with Gasteiger partial charge in [-0.25, -0.2) is 0 Å². The highest BCUT2D eigenvalue weighted by Crippen LogP contribution is 2.34. The smallest absolute Gasteiger partial charge is 0.0343 e. The van der Waals surface area contributed by atoms with Crippen LogP contribution in [-0.4, -0.2) is 37.1 Å². The summed E-state index contributed by atoms with van der Waals surface area (Å²) in [7, 11) is 2.25. The molecule has 1 atom stereocenters. The number of rotatable bonds is 0. The van der Waals surface area contributed by atoms with Gasteiger partial charge in [-0.1, -0.05) is 13.8 Å². The highest BCUT2D eigenvalue weighted by atomic mass is 15.3. The zero-order valence-electron chi connectivity index (χ0n) is 8.69. The number of likely N-dealkylation sites (N-methyl/N-ethyl adjacent to an activating group) is 1. The molecule has 2 heteroatoms. The molecule has 0 aliphatic carbocycles. The van der Waals surface area contributed by atoms with Crippen molar-refractivity contribution in [3.63, 3.8) is 0 Å². The van der Waals surface area contributed by atoms with Crippen molar-refractivity contribution in [3.8, 4) is 0 Å². The van der Waals surface area contributed by atoms with Gasteiger partial charge in [0.15, 0.2) is 0 Å². The van der Waals surface area contributed by atoms with E-state index >= 15 is 0 Å². The molecule has 0 aromatic carbocycles. The van der Waals surface area contributed by atoms with E-state index in [-0.39, 0.29) is 0 Å². The maximum atomic E-state index is 3.47. The van der Waals surface area contributed by atoms with Crippen molar-refractivity contribution in [1.82, 2.24) is 10.2 Å². The molecule has 12 heavy (non-hydrogen) atoms. The Hall–Kier alpha value is -0.0800. The van der Waals surface area contributed by atoms with Gasteiger partial charge in [-0.15, -0.1) is 0 Å². The van der Waals surface area contributed by atoms with E-state index in [1.54, 1.807) is 0 Å². The Morgan fingerprint density at radius 3 is 2.25 bits per heavy atom. The van der Waals surface area contributed by atoms with E-state index in [4.69, 9.17) is 0 Å². The van der Waals surface area contributed by atoms with Crippen LogP contribution in [0.4, 0.5) is 0 Å². The first kappa shape index (κ1) is 10.0. The Morgan fingerprint density at radius 2 is 2.00 bits per heavy atom. The van der Waals surface area contributed by atoms with E-state index in [2.05, 4.69) is 17.3 Å². The average molecular weight is 170 g/mol. The molecular weight excluding hydrogens is 148 g/mol. The lowest BCUT2D eigenvalue weighted by atomic mass is 9.79. The van der Waals surface area contributed by atoms with Crippen LogP contribution in [0.5, 0.6) is 0 Å². The van der Waals surface area contributed by atoms with Crippen LogP contribution in [0.2, 0.25) is 0 Å². The highest BCUT2D eigenvalue weighted by molar-refractivity contribution is 5.01. The van der Waals surface area contributed by atoms with E-state index in [9.17, 15) is 0 Å². The molecule has 2 heterocycles. The summed E-state index contributed by atoms with van der Waals surface area (Å²) in [6, 6.07) is 0. The number of piperidine rings is 1. The van der Waals surface area contributed by atoms with Crippen molar-refractivity contribution in [2.45, 2.75) is 38.6 Å². The first-order chi connectivity index (χ1) is 5.83. The second-order valence-electron chi connectivity index (χ2n) is 3.68. The molecule has 0 amide bonds. The van der Waals surface area contributed by atoms with Crippen molar-refractivity contribution < 1.29 is 0 Å². The van der Waals surface area contributed by atoms with Gasteiger partial charge in [-0.3, -0.25) is 4.90 Å². The molecule has 2 rings (SSSR count). The van der Waals surface area contributed by atoms with Crippen LogP contribution < -0.4 is 5.32 Å². The molecule has 72 valence electrons. The molecule has 1 spiro atoms. The molecule has 0 radical (unpaired) electrons. The maximum Gasteiger partial charge on any atom is 0.0343 e. The zero-order chi connectivity index (χ0) is 9.03. The van der Waals surface area contributed by atoms with Gasteiger partial charge < -0.3 is 5.32 Å². The fraction of sp³-hybridized carbons (Fsp3) is 1.00. The number of nitrogens with one attached hydrogen (secondary N) is 1. The number of nitrogens with zero attached hydrogens (tertiary/aromatic N) is 1. The van der Waals surface area contributed by atoms with Crippen molar-refractivity contribution >= 4 is 0 Å². The van der Waals surface area contributed by atoms with Gasteiger partial charge in [0.05, 0.1) is 0 Å². The third-order valence-electron chi connectivity index (χ3n) is 3.17. The van der Waals surface area contributed by atoms with Crippen molar-refractivity contribution in [2.75, 3.05) is 26.7 Å². The lowest BCUT2D eigenvalue weighted by Gasteiger charge is -2.53. The average Bonchev–Trinajstić information content (AvgIpc) is 2.20. The van der Waals surface area contributed by atoms with E-state index in [1.165, 1.54) is 38.9 Å². The summed E-state index contributed by atoms with van der Waals surface area (Å²) in [6.45, 7) is 7.76. The molecule has 2 fully saturated rings. The van der Waals surface area contributed by atoms with Crippen LogP contribution in [0.1, 0.15) is 33.1 Å². The van der Waals surface area contributed by atoms with Gasteiger partial charge in [0.1, 0.15) is 0 Å². The highest BCUT2D eigenvalue weighted by Gasteiger charge is 2.42. The summed E-state index contributed by atoms with van der Waals surface area (Å²) >= 11 is 0. The monoisotopic (exact) mass is 170 g/mol. The molecule has 0 bridgehead atoms. The van der Waals surface area contributed by atoms with Crippen molar-refractivity contribution in [2.24, 2.45) is 0 Å². The standard InChI is InChI=1S/C8H16N2.C2H6/c1-10-6-4-8(10)3-2-5-9-7-8;1-2/h9H,2-7H2,1H3;1-2H3. The second-order valence-corrected chi connectivity index (χ2v) is 3.68. The third-order valence-corrected chi connectivity index (χ3v) is 3.17. The summed E-state index contributed by atoms with van der Waals surface area (Å²) in [5.41, 5.74) is 0.582. The maximum absolute atomic E-state index is 3.47. The van der Waals surface area contributed by atoms with E-state index in [1.807, 2.05) is 13.8 Å². The molecular formula is C10H22N2. The lowest BCUT2D eigenvalue weighted by molar-refractivity contribution is -0.00829. The van der Waals surface area contributed by atoms with Crippen LogP contribution in [0.3, 0.4) is 0 Å². The predicted molar refractivity (Wildman–Crippen MR) is 53.4 cm³/mol. The van der Waals surface area contributed by atoms with Crippen LogP contribution in [0.15, 0.2) is 0 Å². The van der Waals surface area contributed by atoms with E-state index in [0.717, 1.165) is 0 Å². The van der Waals surface area contributed by atoms with Crippen LogP contribution >= 0.6 is 0 Å². The van der Waals surface area contributed by atoms with Crippen molar-refractivity contribution in [3.05, 3.63) is 0 Å². The zero-order valence-corrected chi connectivity index (χ0v) is 8.69. The summed E-state index contributed by atoms with van der Waals surface area (Å²) < 4.78 is 0. The minimum atomic E-state index is 0.582. The number of likely N-dealkylation sites (tertiary alicyclic amines) is 1. The summed E-state index contributed by atoms with van der Waals surface area (Å²) in [4.78, 5) is 2.50. The topological polar surface area (TPSA) is 15.3 Å². The van der Waals surface area contributed by atoms with E-state index < -0.39 is 0 Å². The molecule has 0 saturated carbocycles. The number of hydrogen-bond donors (Lipinski definition) is 1. The molecule has 2 nitrogen and oxygen atoms in total. The van der Waals surface area contributed by atoms with Crippen LogP contribution in [-0.2, 0) is 0 Å². The summed E-state index contributed by atoms with van der Waals surface area (Å²) in [5.74, 6) is 0. The normalized spacial score (nSPS) is 35.2. The van der Waals surface area contributed by atoms with Crippen LogP contribution in [0.25, 0.3) is 0 Å². The predicted octanol–water partition coefficient (Wildman–Crippen LogP) is 1.47. The third kappa shape index (κ3) is 1.64. The molecule has 0 aromatic rings. The number of hydrogen-bond acceptors (Lipinski definition) is 2. The van der Waals surface area contributed by atoms with Gasteiger partial charge >= 0.3 is 0 Å². The lowest BCUT2D eigenvalue weighted by Crippen LogP contribution is -2.64. The molecule has 0 aromatic heterocycles. The van der Waals surface area contributed by atoms with Crippen LogP contribution in [0, 0.1) is 0 Å². The first-order valence-electron chi connectivity index (χ1n) is 5.25. The Kier molecular flexibility index (Phi) is 3.53. The first-order valence-corrected chi connectivity index (χ1v) is 5.25. The van der Waals surface area contributed by atoms with Gasteiger partial charge in [-0.2, -0.15) is 0 Å². The fourth-order valence-electron chi connectivity index (χ4n) is 2.14. The quantitative estimate of drug-likeness (QED) is 0.592. The minimum Gasteiger partial charge on any atom is -0.315 e. The molecule has 2 saturated heterocycles. The minimum absolute atomic E-state index is 0.582. The van der Waals surface area contributed by atoms with E-state index in [0.29, 0.717) is 5.54 Å². The SMILES string of the molecule is CC.CN1CCC12CCCNC2. The molecule has 2 aliphatic heterocycles. The molecule has 1 unspecified atom stereocenters. The summed E-state index contributed by atoms with van der Waals surface area (Å²) in [6.07, 6.45) is 4.19. The van der Waals surface area contributed by atoms with Gasteiger partial charge in [0.2, 0.25) is 0 Å². The van der Waals surface area contributed by atoms with Crippen molar-refractivity contribution in [1.29, 1.82) is 0 Å². The fourth-order valence-corrected chi connectivity index (χ4v) is 2.14.